The van der Waals surface area contributed by atoms with E-state index in [4.69, 9.17) is 9.47 Å². The summed E-state index contributed by atoms with van der Waals surface area (Å²) in [6.07, 6.45) is 3.71. The Morgan fingerprint density at radius 2 is 1.41 bits per heavy atom. The standard InChI is InChI=1S/C16H25F3O3/c17-16(18,19)14(11-21-12-7-3-1-4-8-12)15(20)22-13-9-5-2-6-10-13/h12-14H,1-11H2. The van der Waals surface area contributed by atoms with E-state index in [1.165, 1.54) is 0 Å². The molecule has 0 heterocycles. The van der Waals surface area contributed by atoms with E-state index in [1.54, 1.807) is 0 Å². The average molecular weight is 322 g/mol. The maximum Gasteiger partial charge on any atom is 0.404 e. The highest BCUT2D eigenvalue weighted by Crippen LogP contribution is 2.31. The van der Waals surface area contributed by atoms with E-state index in [9.17, 15) is 18.0 Å². The lowest BCUT2D eigenvalue weighted by molar-refractivity contribution is -0.213. The molecule has 0 aromatic rings. The largest absolute Gasteiger partial charge is 0.462 e. The Morgan fingerprint density at radius 3 is 1.91 bits per heavy atom. The molecule has 3 nitrogen and oxygen atoms in total. The minimum atomic E-state index is -4.61. The van der Waals surface area contributed by atoms with Crippen molar-refractivity contribution in [2.45, 2.75) is 82.6 Å². The quantitative estimate of drug-likeness (QED) is 0.704. The van der Waals surface area contributed by atoms with Gasteiger partial charge in [-0.3, -0.25) is 4.79 Å². The third-order valence-corrected chi connectivity index (χ3v) is 4.57. The number of esters is 1. The number of carbonyl (C=O) groups is 1. The van der Waals surface area contributed by atoms with Gasteiger partial charge in [0, 0.05) is 0 Å². The van der Waals surface area contributed by atoms with E-state index in [-0.39, 0.29) is 12.2 Å². The first kappa shape index (κ1) is 17.6. The Morgan fingerprint density at radius 1 is 0.909 bits per heavy atom. The van der Waals surface area contributed by atoms with E-state index in [0.29, 0.717) is 12.8 Å². The molecule has 2 aliphatic carbocycles. The topological polar surface area (TPSA) is 35.5 Å². The minimum absolute atomic E-state index is 0.152. The summed E-state index contributed by atoms with van der Waals surface area (Å²) in [4.78, 5) is 11.9. The lowest BCUT2D eigenvalue weighted by Gasteiger charge is -2.27. The number of carbonyl (C=O) groups excluding carboxylic acids is 1. The van der Waals surface area contributed by atoms with Crippen LogP contribution in [0.2, 0.25) is 0 Å². The predicted molar refractivity (Wildman–Crippen MR) is 75.3 cm³/mol. The molecule has 0 spiro atoms. The van der Waals surface area contributed by atoms with Crippen molar-refractivity contribution in [1.82, 2.24) is 0 Å². The van der Waals surface area contributed by atoms with Crippen LogP contribution in [0.15, 0.2) is 0 Å². The van der Waals surface area contributed by atoms with Crippen LogP contribution >= 0.6 is 0 Å². The van der Waals surface area contributed by atoms with E-state index < -0.39 is 24.7 Å². The zero-order valence-corrected chi connectivity index (χ0v) is 12.9. The van der Waals surface area contributed by atoms with Gasteiger partial charge in [-0.15, -0.1) is 0 Å². The number of alkyl halides is 3. The first-order valence-electron chi connectivity index (χ1n) is 8.35. The van der Waals surface area contributed by atoms with Gasteiger partial charge in [0.2, 0.25) is 0 Å². The van der Waals surface area contributed by atoms with Gasteiger partial charge in [0.05, 0.1) is 12.7 Å². The molecule has 22 heavy (non-hydrogen) atoms. The second-order valence-electron chi connectivity index (χ2n) is 6.38. The molecule has 6 heteroatoms. The van der Waals surface area contributed by atoms with Crippen molar-refractivity contribution >= 4 is 5.97 Å². The van der Waals surface area contributed by atoms with E-state index in [1.807, 2.05) is 0 Å². The van der Waals surface area contributed by atoms with Gasteiger partial charge >= 0.3 is 12.1 Å². The van der Waals surface area contributed by atoms with Crippen molar-refractivity contribution in [3.63, 3.8) is 0 Å². The maximum atomic E-state index is 13.1. The SMILES string of the molecule is O=C(OC1CCCCC1)C(COC1CCCCC1)C(F)(F)F. The zero-order valence-electron chi connectivity index (χ0n) is 12.9. The summed E-state index contributed by atoms with van der Waals surface area (Å²) in [5.74, 6) is -3.33. The van der Waals surface area contributed by atoms with Gasteiger partial charge in [-0.25, -0.2) is 0 Å². The summed E-state index contributed by atoms with van der Waals surface area (Å²) in [5.41, 5.74) is 0. The molecule has 2 fully saturated rings. The van der Waals surface area contributed by atoms with Gasteiger partial charge in [-0.05, 0) is 38.5 Å². The third kappa shape index (κ3) is 5.45. The number of ether oxygens (including phenoxy) is 2. The Balaban J connectivity index is 1.85. The van der Waals surface area contributed by atoms with Crippen molar-refractivity contribution in [2.24, 2.45) is 5.92 Å². The fourth-order valence-corrected chi connectivity index (χ4v) is 3.19. The molecule has 2 saturated carbocycles. The molecule has 2 rings (SSSR count). The van der Waals surface area contributed by atoms with Crippen molar-refractivity contribution in [2.75, 3.05) is 6.61 Å². The van der Waals surface area contributed by atoms with Crippen LogP contribution < -0.4 is 0 Å². The predicted octanol–water partition coefficient (Wildman–Crippen LogP) is 4.39. The number of hydrogen-bond donors (Lipinski definition) is 0. The van der Waals surface area contributed by atoms with E-state index in [0.717, 1.165) is 51.4 Å². The molecule has 0 aromatic heterocycles. The summed E-state index contributed by atoms with van der Waals surface area (Å²) >= 11 is 0. The van der Waals surface area contributed by atoms with Gasteiger partial charge in [0.25, 0.3) is 0 Å². The summed E-state index contributed by atoms with van der Waals surface area (Å²) < 4.78 is 49.7. The second kappa shape index (κ2) is 8.18. The second-order valence-corrected chi connectivity index (χ2v) is 6.38. The molecular weight excluding hydrogens is 297 g/mol. The lowest BCUT2D eigenvalue weighted by atomic mass is 9.97. The van der Waals surface area contributed by atoms with Crippen LogP contribution in [0.25, 0.3) is 0 Å². The Hall–Kier alpha value is -0.780. The smallest absolute Gasteiger partial charge is 0.404 e. The molecule has 1 atom stereocenters. The summed E-state index contributed by atoms with van der Waals surface area (Å²) in [6.45, 7) is -0.611. The van der Waals surface area contributed by atoms with Crippen LogP contribution in [0.5, 0.6) is 0 Å². The van der Waals surface area contributed by atoms with Gasteiger partial charge in [-0.1, -0.05) is 25.7 Å². The average Bonchev–Trinajstić information content (AvgIpc) is 2.48. The fraction of sp³-hybridized carbons (Fsp3) is 0.938. The molecular formula is C16H25F3O3. The molecule has 0 saturated heterocycles. The van der Waals surface area contributed by atoms with Gasteiger partial charge in [0.15, 0.2) is 5.92 Å². The molecule has 0 aromatic carbocycles. The molecule has 1 unspecified atom stereocenters. The van der Waals surface area contributed by atoms with Crippen LogP contribution in [-0.2, 0) is 14.3 Å². The molecule has 128 valence electrons. The summed E-state index contributed by atoms with van der Waals surface area (Å²) in [6, 6.07) is 0. The van der Waals surface area contributed by atoms with Crippen molar-refractivity contribution < 1.29 is 27.4 Å². The van der Waals surface area contributed by atoms with Crippen LogP contribution in [0.1, 0.15) is 64.2 Å². The highest BCUT2D eigenvalue weighted by molar-refractivity contribution is 5.73. The van der Waals surface area contributed by atoms with Gasteiger partial charge < -0.3 is 9.47 Å². The third-order valence-electron chi connectivity index (χ3n) is 4.57. The molecule has 0 radical (unpaired) electrons. The van der Waals surface area contributed by atoms with Gasteiger partial charge in [0.1, 0.15) is 6.10 Å². The molecule has 0 amide bonds. The van der Waals surface area contributed by atoms with E-state index in [2.05, 4.69) is 0 Å². The Bertz CT molecular complexity index is 345. The van der Waals surface area contributed by atoms with Crippen LogP contribution in [0.4, 0.5) is 13.2 Å². The molecule has 0 bridgehead atoms. The monoisotopic (exact) mass is 322 g/mol. The fourth-order valence-electron chi connectivity index (χ4n) is 3.19. The normalized spacial score (nSPS) is 23.2. The van der Waals surface area contributed by atoms with E-state index >= 15 is 0 Å². The highest BCUT2D eigenvalue weighted by Gasteiger charge is 2.47. The van der Waals surface area contributed by atoms with Crippen LogP contribution in [0.3, 0.4) is 0 Å². The Kier molecular flexibility index (Phi) is 6.53. The van der Waals surface area contributed by atoms with Gasteiger partial charge in [-0.2, -0.15) is 13.2 Å². The molecule has 0 N–H and O–H groups in total. The van der Waals surface area contributed by atoms with Crippen LogP contribution in [0, 0.1) is 5.92 Å². The summed E-state index contributed by atoms with van der Waals surface area (Å²) in [5, 5.41) is 0. The number of rotatable bonds is 5. The summed E-state index contributed by atoms with van der Waals surface area (Å²) in [7, 11) is 0. The molecule has 0 aliphatic heterocycles. The first-order chi connectivity index (χ1) is 10.5. The Labute approximate surface area is 129 Å². The number of halogens is 3. The minimum Gasteiger partial charge on any atom is -0.462 e. The van der Waals surface area contributed by atoms with Crippen LogP contribution in [-0.4, -0.2) is 31.0 Å². The lowest BCUT2D eigenvalue weighted by Crippen LogP contribution is -2.39. The highest BCUT2D eigenvalue weighted by atomic mass is 19.4. The van der Waals surface area contributed by atoms with Crippen molar-refractivity contribution in [3.8, 4) is 0 Å². The molecule has 2 aliphatic rings. The van der Waals surface area contributed by atoms with Crippen molar-refractivity contribution in [1.29, 1.82) is 0 Å². The zero-order chi connectivity index (χ0) is 16.0. The maximum absolute atomic E-state index is 13.1. The van der Waals surface area contributed by atoms with Crippen molar-refractivity contribution in [3.05, 3.63) is 0 Å². The number of hydrogen-bond acceptors (Lipinski definition) is 3. The first-order valence-corrected chi connectivity index (χ1v) is 8.35.